The van der Waals surface area contributed by atoms with Gasteiger partial charge in [-0.25, -0.2) is 13.2 Å². The Labute approximate surface area is 93.0 Å². The van der Waals surface area contributed by atoms with E-state index in [1.54, 1.807) is 24.3 Å². The van der Waals surface area contributed by atoms with Crippen molar-refractivity contribution in [2.24, 2.45) is 0 Å². The van der Waals surface area contributed by atoms with Crippen molar-refractivity contribution in [3.63, 3.8) is 0 Å². The van der Waals surface area contributed by atoms with E-state index in [0.29, 0.717) is 11.3 Å². The van der Waals surface area contributed by atoms with Crippen molar-refractivity contribution in [1.29, 1.82) is 0 Å². The topological polar surface area (TPSA) is 109 Å². The molecule has 0 aromatic heterocycles. The lowest BCUT2D eigenvalue weighted by Crippen LogP contribution is -2.28. The number of benzene rings is 1. The van der Waals surface area contributed by atoms with Gasteiger partial charge in [-0.2, -0.15) is 0 Å². The van der Waals surface area contributed by atoms with E-state index in [9.17, 15) is 13.2 Å². The first-order valence-electron chi connectivity index (χ1n) is 4.41. The highest BCUT2D eigenvalue weighted by Gasteiger charge is 2.12. The number of nitrogens with two attached hydrogens (primary N) is 1. The number of carboxylic acid groups (broad SMARTS) is 1. The molecule has 7 heteroatoms. The molecule has 88 valence electrons. The molecule has 6 nitrogen and oxygen atoms in total. The quantitative estimate of drug-likeness (QED) is 0.664. The minimum absolute atomic E-state index is 0.215. The maximum atomic E-state index is 11.4. The number of hydrogen-bond acceptors (Lipinski definition) is 4. The van der Waals surface area contributed by atoms with E-state index in [-0.39, 0.29) is 5.75 Å². The first kappa shape index (κ1) is 12.3. The van der Waals surface area contributed by atoms with Crippen LogP contribution in [0.1, 0.15) is 5.56 Å². The van der Waals surface area contributed by atoms with Gasteiger partial charge in [0.2, 0.25) is 0 Å². The lowest BCUT2D eigenvalue weighted by Gasteiger charge is -2.04. The zero-order valence-electron chi connectivity index (χ0n) is 8.38. The molecule has 0 bridgehead atoms. The molecule has 0 radical (unpaired) electrons. The minimum atomic E-state index is -3.48. The summed E-state index contributed by atoms with van der Waals surface area (Å²) in [4.78, 5) is 10.2. The van der Waals surface area contributed by atoms with Gasteiger partial charge in [-0.15, -0.1) is 0 Å². The average molecular weight is 244 g/mol. The number of sulfone groups is 1. The van der Waals surface area contributed by atoms with Gasteiger partial charge in [0.25, 0.3) is 0 Å². The zero-order chi connectivity index (χ0) is 12.2. The van der Waals surface area contributed by atoms with Crippen LogP contribution in [0.4, 0.5) is 10.5 Å². The predicted molar refractivity (Wildman–Crippen MR) is 59.5 cm³/mol. The molecule has 0 aliphatic carbocycles. The molecule has 1 rings (SSSR count). The third-order valence-electron chi connectivity index (χ3n) is 1.81. The number of carbonyl (C=O) groups is 1. The second kappa shape index (κ2) is 4.84. The Balaban J connectivity index is 2.65. The fourth-order valence-corrected chi connectivity index (χ4v) is 2.24. The highest BCUT2D eigenvalue weighted by Crippen LogP contribution is 2.09. The lowest BCUT2D eigenvalue weighted by molar-refractivity contribution is 0.196. The second-order valence-electron chi connectivity index (χ2n) is 3.26. The van der Waals surface area contributed by atoms with Gasteiger partial charge in [-0.3, -0.25) is 0 Å². The van der Waals surface area contributed by atoms with Crippen molar-refractivity contribution in [3.05, 3.63) is 29.8 Å². The van der Waals surface area contributed by atoms with E-state index >= 15 is 0 Å². The number of rotatable bonds is 4. The summed E-state index contributed by atoms with van der Waals surface area (Å²) in [5.74, 6) is -0.805. The van der Waals surface area contributed by atoms with E-state index in [2.05, 4.69) is 0 Å². The number of amides is 1. The van der Waals surface area contributed by atoms with Gasteiger partial charge in [-0.05, 0) is 17.7 Å². The van der Waals surface area contributed by atoms with Crippen molar-refractivity contribution < 1.29 is 18.3 Å². The maximum absolute atomic E-state index is 11.4. The Morgan fingerprint density at radius 2 is 1.88 bits per heavy atom. The van der Waals surface area contributed by atoms with Crippen molar-refractivity contribution >= 4 is 21.6 Å². The molecule has 0 fully saturated rings. The second-order valence-corrected chi connectivity index (χ2v) is 5.32. The average Bonchev–Trinajstić information content (AvgIpc) is 2.19. The normalized spacial score (nSPS) is 11.0. The largest absolute Gasteiger partial charge is 0.465 e. The summed E-state index contributed by atoms with van der Waals surface area (Å²) in [6.07, 6.45) is -1.36. The molecule has 0 saturated heterocycles. The maximum Gasteiger partial charge on any atom is 0.405 e. The molecular formula is C9H12N2O4S. The molecule has 4 N–H and O–H groups in total. The van der Waals surface area contributed by atoms with Gasteiger partial charge in [0, 0.05) is 5.69 Å². The van der Waals surface area contributed by atoms with Crippen LogP contribution < -0.4 is 11.1 Å². The molecular weight excluding hydrogens is 232 g/mol. The summed E-state index contributed by atoms with van der Waals surface area (Å²) in [7, 11) is -3.48. The molecule has 1 aromatic carbocycles. The smallest absolute Gasteiger partial charge is 0.405 e. The number of nitrogens with one attached hydrogen (secondary N) is 1. The van der Waals surface area contributed by atoms with Gasteiger partial charge in [0.15, 0.2) is 9.84 Å². The molecule has 16 heavy (non-hydrogen) atoms. The van der Waals surface area contributed by atoms with Crippen LogP contribution in [0.3, 0.4) is 0 Å². The number of nitrogen functional groups attached to an aromatic ring is 1. The van der Waals surface area contributed by atoms with Gasteiger partial charge < -0.3 is 16.2 Å². The van der Waals surface area contributed by atoms with Gasteiger partial charge in [-0.1, -0.05) is 12.1 Å². The van der Waals surface area contributed by atoms with Crippen molar-refractivity contribution in [2.45, 2.75) is 5.75 Å². The Kier molecular flexibility index (Phi) is 3.73. The third-order valence-corrected chi connectivity index (χ3v) is 3.17. The minimum Gasteiger partial charge on any atom is -0.465 e. The lowest BCUT2D eigenvalue weighted by atomic mass is 10.2. The van der Waals surface area contributed by atoms with E-state index in [4.69, 9.17) is 10.8 Å². The molecule has 0 aliphatic rings. The number of hydrogen-bond donors (Lipinski definition) is 3. The molecule has 1 amide bonds. The van der Waals surface area contributed by atoms with Crippen LogP contribution in [0.5, 0.6) is 0 Å². The standard InChI is InChI=1S/C9H12N2O4S/c10-8-3-1-7(2-4-8)5-16(14,15)6-11-9(12)13/h1-4,11H,5-6,10H2,(H,12,13). The summed E-state index contributed by atoms with van der Waals surface area (Å²) >= 11 is 0. The van der Waals surface area contributed by atoms with E-state index in [1.807, 2.05) is 5.32 Å². The fraction of sp³-hybridized carbons (Fsp3) is 0.222. The molecule has 0 unspecified atom stereocenters. The summed E-state index contributed by atoms with van der Waals surface area (Å²) in [5, 5.41) is 10.1. The van der Waals surface area contributed by atoms with Gasteiger partial charge >= 0.3 is 6.09 Å². The van der Waals surface area contributed by atoms with Crippen LogP contribution in [-0.2, 0) is 15.6 Å². The highest BCUT2D eigenvalue weighted by atomic mass is 32.2. The van der Waals surface area contributed by atoms with E-state index in [1.165, 1.54) is 0 Å². The van der Waals surface area contributed by atoms with Crippen LogP contribution in [0.15, 0.2) is 24.3 Å². The summed E-state index contributed by atoms with van der Waals surface area (Å²) in [5.41, 5.74) is 6.57. The zero-order valence-corrected chi connectivity index (χ0v) is 9.20. The highest BCUT2D eigenvalue weighted by molar-refractivity contribution is 7.90. The number of anilines is 1. The van der Waals surface area contributed by atoms with Crippen LogP contribution in [0, 0.1) is 0 Å². The molecule has 0 heterocycles. The molecule has 0 spiro atoms. The summed E-state index contributed by atoms with van der Waals surface area (Å²) in [6, 6.07) is 6.37. The Bertz CT molecular complexity index is 467. The first-order chi connectivity index (χ1) is 7.39. The van der Waals surface area contributed by atoms with Crippen LogP contribution in [0.25, 0.3) is 0 Å². The Hall–Kier alpha value is -1.76. The van der Waals surface area contributed by atoms with Crippen molar-refractivity contribution in [1.82, 2.24) is 5.32 Å². The SMILES string of the molecule is Nc1ccc(CS(=O)(=O)CNC(=O)O)cc1. The van der Waals surface area contributed by atoms with Crippen molar-refractivity contribution in [3.8, 4) is 0 Å². The van der Waals surface area contributed by atoms with Gasteiger partial charge in [0.05, 0.1) is 5.75 Å². The molecule has 1 aromatic rings. The van der Waals surface area contributed by atoms with Crippen LogP contribution in [-0.4, -0.2) is 25.5 Å². The fourth-order valence-electron chi connectivity index (χ4n) is 1.09. The molecule has 0 saturated carbocycles. The van der Waals surface area contributed by atoms with Crippen LogP contribution >= 0.6 is 0 Å². The van der Waals surface area contributed by atoms with E-state index in [0.717, 1.165) is 0 Å². The summed E-state index contributed by atoms with van der Waals surface area (Å²) in [6.45, 7) is 0. The van der Waals surface area contributed by atoms with Gasteiger partial charge in [0.1, 0.15) is 5.88 Å². The monoisotopic (exact) mass is 244 g/mol. The first-order valence-corrected chi connectivity index (χ1v) is 6.23. The Morgan fingerprint density at radius 1 is 1.31 bits per heavy atom. The predicted octanol–water partition coefficient (Wildman–Crippen LogP) is 0.409. The van der Waals surface area contributed by atoms with Crippen molar-refractivity contribution in [2.75, 3.05) is 11.6 Å². The van der Waals surface area contributed by atoms with Crippen LogP contribution in [0.2, 0.25) is 0 Å². The summed E-state index contributed by atoms with van der Waals surface area (Å²) < 4.78 is 22.9. The third kappa shape index (κ3) is 4.18. The Morgan fingerprint density at radius 3 is 2.38 bits per heavy atom. The molecule has 0 atom stereocenters. The van der Waals surface area contributed by atoms with E-state index < -0.39 is 21.8 Å². The molecule has 0 aliphatic heterocycles.